The SMILES string of the molecule is CC(C)(C)OC(=O)N1CCC(/C(N)=C(N)/C=C(\N)c2cc(Cl)ccc2F)CC1. The normalized spacial score (nSPS) is 17.3. The molecule has 6 nitrogen and oxygen atoms in total. The number of piperidine rings is 1. The molecule has 1 heterocycles. The first-order valence-corrected chi connectivity index (χ1v) is 9.51. The van der Waals surface area contributed by atoms with Gasteiger partial charge in [-0.15, -0.1) is 0 Å². The highest BCUT2D eigenvalue weighted by atomic mass is 35.5. The largest absolute Gasteiger partial charge is 0.444 e. The van der Waals surface area contributed by atoms with E-state index in [1.807, 2.05) is 20.8 Å². The van der Waals surface area contributed by atoms with Crippen LogP contribution in [0.25, 0.3) is 5.70 Å². The van der Waals surface area contributed by atoms with E-state index in [4.69, 9.17) is 33.5 Å². The summed E-state index contributed by atoms with van der Waals surface area (Å²) in [6.07, 6.45) is 2.43. The van der Waals surface area contributed by atoms with Gasteiger partial charge in [-0.1, -0.05) is 11.6 Å². The van der Waals surface area contributed by atoms with E-state index in [9.17, 15) is 9.18 Å². The number of likely N-dealkylation sites (tertiary alicyclic amines) is 1. The van der Waals surface area contributed by atoms with E-state index >= 15 is 0 Å². The molecule has 28 heavy (non-hydrogen) atoms. The van der Waals surface area contributed by atoms with Gasteiger partial charge in [0.05, 0.1) is 5.70 Å². The Hall–Kier alpha value is -2.41. The number of rotatable bonds is 3. The average Bonchev–Trinajstić information content (AvgIpc) is 2.61. The Bertz CT molecular complexity index is 794. The zero-order chi connectivity index (χ0) is 21.1. The fourth-order valence-electron chi connectivity index (χ4n) is 2.98. The Kier molecular flexibility index (Phi) is 6.82. The molecule has 0 spiro atoms. The maximum Gasteiger partial charge on any atom is 0.410 e. The van der Waals surface area contributed by atoms with E-state index in [1.54, 1.807) is 4.90 Å². The molecular formula is C20H28ClFN4O2. The fourth-order valence-corrected chi connectivity index (χ4v) is 3.15. The number of allylic oxidation sites excluding steroid dienone is 2. The van der Waals surface area contributed by atoms with E-state index in [1.165, 1.54) is 24.3 Å². The monoisotopic (exact) mass is 410 g/mol. The van der Waals surface area contributed by atoms with Crippen molar-refractivity contribution >= 4 is 23.4 Å². The van der Waals surface area contributed by atoms with Crippen molar-refractivity contribution in [3.8, 4) is 0 Å². The molecule has 1 fully saturated rings. The van der Waals surface area contributed by atoms with E-state index in [-0.39, 0.29) is 29.0 Å². The Labute approximate surface area is 170 Å². The van der Waals surface area contributed by atoms with Crippen molar-refractivity contribution in [1.82, 2.24) is 4.90 Å². The summed E-state index contributed by atoms with van der Waals surface area (Å²) in [6, 6.07) is 4.12. The third-order valence-electron chi connectivity index (χ3n) is 4.47. The van der Waals surface area contributed by atoms with Crippen LogP contribution in [0.1, 0.15) is 39.2 Å². The van der Waals surface area contributed by atoms with E-state index in [0.29, 0.717) is 36.7 Å². The first-order chi connectivity index (χ1) is 13.0. The number of benzene rings is 1. The van der Waals surface area contributed by atoms with Crippen LogP contribution < -0.4 is 17.2 Å². The van der Waals surface area contributed by atoms with Gasteiger partial charge < -0.3 is 26.8 Å². The van der Waals surface area contributed by atoms with Gasteiger partial charge in [0, 0.05) is 41.0 Å². The van der Waals surface area contributed by atoms with Crippen LogP contribution in [0.3, 0.4) is 0 Å². The van der Waals surface area contributed by atoms with Crippen molar-refractivity contribution in [3.63, 3.8) is 0 Å². The predicted molar refractivity (Wildman–Crippen MR) is 110 cm³/mol. The topological polar surface area (TPSA) is 108 Å². The van der Waals surface area contributed by atoms with Crippen LogP contribution in [-0.4, -0.2) is 29.7 Å². The van der Waals surface area contributed by atoms with Gasteiger partial charge in [0.2, 0.25) is 0 Å². The smallest absolute Gasteiger partial charge is 0.410 e. The Morgan fingerprint density at radius 3 is 2.43 bits per heavy atom. The molecule has 0 bridgehead atoms. The van der Waals surface area contributed by atoms with Crippen molar-refractivity contribution in [2.75, 3.05) is 13.1 Å². The number of hydrogen-bond donors (Lipinski definition) is 3. The van der Waals surface area contributed by atoms with Gasteiger partial charge in [-0.3, -0.25) is 0 Å². The number of halogens is 2. The Morgan fingerprint density at radius 1 is 1.25 bits per heavy atom. The Balaban J connectivity index is 2.06. The van der Waals surface area contributed by atoms with Crippen LogP contribution in [0.5, 0.6) is 0 Å². The molecule has 1 aromatic carbocycles. The number of carbonyl (C=O) groups is 1. The molecule has 0 atom stereocenters. The quantitative estimate of drug-likeness (QED) is 0.660. The van der Waals surface area contributed by atoms with Gasteiger partial charge in [0.1, 0.15) is 11.4 Å². The number of nitrogens with zero attached hydrogens (tertiary/aromatic N) is 1. The van der Waals surface area contributed by atoms with Gasteiger partial charge in [0.15, 0.2) is 0 Å². The third kappa shape index (κ3) is 5.79. The molecule has 0 radical (unpaired) electrons. The van der Waals surface area contributed by atoms with Crippen LogP contribution in [0, 0.1) is 11.7 Å². The van der Waals surface area contributed by atoms with Crippen molar-refractivity contribution in [2.24, 2.45) is 23.1 Å². The van der Waals surface area contributed by atoms with Gasteiger partial charge in [-0.25, -0.2) is 9.18 Å². The molecule has 0 aliphatic carbocycles. The number of nitrogens with two attached hydrogens (primary N) is 3. The molecule has 1 amide bonds. The molecular weight excluding hydrogens is 383 g/mol. The molecule has 1 aliphatic heterocycles. The minimum atomic E-state index is -0.533. The lowest BCUT2D eigenvalue weighted by Gasteiger charge is -2.33. The van der Waals surface area contributed by atoms with Crippen molar-refractivity contribution in [3.05, 3.63) is 52.1 Å². The van der Waals surface area contributed by atoms with E-state index in [0.717, 1.165) is 0 Å². The van der Waals surface area contributed by atoms with Gasteiger partial charge in [-0.05, 0) is 57.9 Å². The van der Waals surface area contributed by atoms with Crippen LogP contribution in [0.15, 0.2) is 35.7 Å². The lowest BCUT2D eigenvalue weighted by molar-refractivity contribution is 0.0194. The summed E-state index contributed by atoms with van der Waals surface area (Å²) in [6.45, 7) is 6.54. The predicted octanol–water partition coefficient (Wildman–Crippen LogP) is 3.55. The molecule has 154 valence electrons. The minimum absolute atomic E-state index is 0.00643. The molecule has 0 aromatic heterocycles. The summed E-state index contributed by atoms with van der Waals surface area (Å²) in [7, 11) is 0. The molecule has 1 saturated heterocycles. The van der Waals surface area contributed by atoms with Crippen LogP contribution in [-0.2, 0) is 4.74 Å². The van der Waals surface area contributed by atoms with Crippen LogP contribution >= 0.6 is 11.6 Å². The average molecular weight is 411 g/mol. The zero-order valence-corrected chi connectivity index (χ0v) is 17.2. The molecule has 8 heteroatoms. The number of amides is 1. The van der Waals surface area contributed by atoms with Crippen molar-refractivity contribution in [1.29, 1.82) is 0 Å². The molecule has 0 unspecified atom stereocenters. The summed E-state index contributed by atoms with van der Waals surface area (Å²) >= 11 is 5.90. The maximum atomic E-state index is 13.9. The highest BCUT2D eigenvalue weighted by Crippen LogP contribution is 2.26. The lowest BCUT2D eigenvalue weighted by atomic mass is 9.92. The minimum Gasteiger partial charge on any atom is -0.444 e. The highest BCUT2D eigenvalue weighted by Gasteiger charge is 2.28. The van der Waals surface area contributed by atoms with Crippen molar-refractivity contribution in [2.45, 2.75) is 39.2 Å². The summed E-state index contributed by atoms with van der Waals surface area (Å²) in [5.74, 6) is -0.484. The second-order valence-corrected chi connectivity index (χ2v) is 8.31. The van der Waals surface area contributed by atoms with Gasteiger partial charge in [0.25, 0.3) is 0 Å². The zero-order valence-electron chi connectivity index (χ0n) is 16.5. The van der Waals surface area contributed by atoms with Gasteiger partial charge >= 0.3 is 6.09 Å². The maximum absolute atomic E-state index is 13.9. The molecule has 1 aliphatic rings. The third-order valence-corrected chi connectivity index (χ3v) is 4.71. The number of carbonyl (C=O) groups excluding carboxylic acids is 1. The number of hydrogen-bond acceptors (Lipinski definition) is 5. The van der Waals surface area contributed by atoms with Crippen LogP contribution in [0.2, 0.25) is 5.02 Å². The lowest BCUT2D eigenvalue weighted by Crippen LogP contribution is -2.42. The fraction of sp³-hybridized carbons (Fsp3) is 0.450. The van der Waals surface area contributed by atoms with Crippen LogP contribution in [0.4, 0.5) is 9.18 Å². The first kappa shape index (κ1) is 21.9. The molecule has 2 rings (SSSR count). The van der Waals surface area contributed by atoms with Crippen molar-refractivity contribution < 1.29 is 13.9 Å². The molecule has 0 saturated carbocycles. The first-order valence-electron chi connectivity index (χ1n) is 9.13. The second kappa shape index (κ2) is 8.73. The number of ether oxygens (including phenoxy) is 1. The second-order valence-electron chi connectivity index (χ2n) is 7.88. The van der Waals surface area contributed by atoms with E-state index < -0.39 is 11.4 Å². The molecule has 1 aromatic rings. The van der Waals surface area contributed by atoms with Gasteiger partial charge in [-0.2, -0.15) is 0 Å². The summed E-state index contributed by atoms with van der Waals surface area (Å²) < 4.78 is 19.3. The summed E-state index contributed by atoms with van der Waals surface area (Å²) in [4.78, 5) is 13.8. The highest BCUT2D eigenvalue weighted by molar-refractivity contribution is 6.30. The van der Waals surface area contributed by atoms with E-state index in [2.05, 4.69) is 0 Å². The summed E-state index contributed by atoms with van der Waals surface area (Å²) in [5.41, 5.74) is 18.8. The Morgan fingerprint density at radius 2 is 1.86 bits per heavy atom. The molecule has 6 N–H and O–H groups in total. The summed E-state index contributed by atoms with van der Waals surface area (Å²) in [5, 5.41) is 0.373. The standard InChI is InChI=1S/C20H28ClFN4O2/c1-20(2,3)28-19(27)26-8-6-12(7-9-26)18(25)17(24)11-16(23)14-10-13(21)4-5-15(14)22/h4-5,10-12H,6-9,23-25H2,1-3H3/b16-11-,18-17+.